The molecule has 1 aliphatic heterocycles. The van der Waals surface area contributed by atoms with Gasteiger partial charge in [-0.2, -0.15) is 5.10 Å². The van der Waals surface area contributed by atoms with E-state index in [0.29, 0.717) is 28.3 Å². The minimum absolute atomic E-state index is 0.00294. The zero-order valence-electron chi connectivity index (χ0n) is 22.3. The lowest BCUT2D eigenvalue weighted by molar-refractivity contribution is -0.123. The number of pyridine rings is 1. The number of aromatic nitrogens is 3. The first-order valence-electron chi connectivity index (χ1n) is 13.3. The SMILES string of the molecule is O=C(CN1C(=O)CSC(c2ccccc2F)c2c(-c3ccccc3)nn(-c3ccc(F)cc3)c21)NCc1ccncc1. The van der Waals surface area contributed by atoms with Crippen molar-refractivity contribution in [2.75, 3.05) is 17.2 Å². The van der Waals surface area contributed by atoms with Crippen molar-refractivity contribution in [1.82, 2.24) is 20.1 Å². The third kappa shape index (κ3) is 5.53. The van der Waals surface area contributed by atoms with Crippen LogP contribution in [0.5, 0.6) is 0 Å². The maximum absolute atomic E-state index is 15.3. The minimum Gasteiger partial charge on any atom is -0.350 e. The van der Waals surface area contributed by atoms with Crippen LogP contribution in [0.3, 0.4) is 0 Å². The number of carbonyl (C=O) groups is 2. The molecule has 42 heavy (non-hydrogen) atoms. The Morgan fingerprint density at radius 1 is 0.929 bits per heavy atom. The van der Waals surface area contributed by atoms with Crippen molar-refractivity contribution in [2.45, 2.75) is 11.8 Å². The number of anilines is 1. The van der Waals surface area contributed by atoms with E-state index in [1.54, 1.807) is 59.5 Å². The molecule has 3 aromatic carbocycles. The quantitative estimate of drug-likeness (QED) is 0.267. The molecule has 1 aliphatic rings. The fraction of sp³-hybridized carbons (Fsp3) is 0.125. The van der Waals surface area contributed by atoms with E-state index in [2.05, 4.69) is 10.3 Å². The smallest absolute Gasteiger partial charge is 0.240 e. The molecule has 0 bridgehead atoms. The molecule has 0 saturated carbocycles. The first kappa shape index (κ1) is 27.3. The number of amides is 2. The molecule has 5 aromatic rings. The van der Waals surface area contributed by atoms with Gasteiger partial charge in [0, 0.05) is 35.6 Å². The second kappa shape index (κ2) is 12.0. The third-order valence-electron chi connectivity index (χ3n) is 6.94. The lowest BCUT2D eigenvalue weighted by atomic mass is 9.99. The molecule has 0 fully saturated rings. The lowest BCUT2D eigenvalue weighted by Gasteiger charge is -2.23. The molecule has 2 aromatic heterocycles. The summed E-state index contributed by atoms with van der Waals surface area (Å²) in [7, 11) is 0. The predicted molar refractivity (Wildman–Crippen MR) is 158 cm³/mol. The zero-order valence-corrected chi connectivity index (χ0v) is 23.1. The van der Waals surface area contributed by atoms with Crippen LogP contribution in [0.2, 0.25) is 0 Å². The number of halogens is 2. The molecule has 1 atom stereocenters. The largest absolute Gasteiger partial charge is 0.350 e. The predicted octanol–water partition coefficient (Wildman–Crippen LogP) is 5.70. The zero-order chi connectivity index (χ0) is 29.1. The lowest BCUT2D eigenvalue weighted by Crippen LogP contribution is -2.42. The molecule has 210 valence electrons. The van der Waals surface area contributed by atoms with E-state index in [9.17, 15) is 14.0 Å². The number of nitrogens with zero attached hydrogens (tertiary/aromatic N) is 4. The number of hydrogen-bond donors (Lipinski definition) is 1. The molecular formula is C32H25F2N5O2S. The molecule has 1 N–H and O–H groups in total. The van der Waals surface area contributed by atoms with E-state index in [0.717, 1.165) is 11.1 Å². The molecule has 3 heterocycles. The highest BCUT2D eigenvalue weighted by Gasteiger charge is 2.38. The van der Waals surface area contributed by atoms with E-state index in [-0.39, 0.29) is 30.7 Å². The van der Waals surface area contributed by atoms with Gasteiger partial charge in [0.2, 0.25) is 11.8 Å². The van der Waals surface area contributed by atoms with Crippen LogP contribution in [0.15, 0.2) is 103 Å². The Bertz CT molecular complexity index is 1730. The van der Waals surface area contributed by atoms with Gasteiger partial charge < -0.3 is 5.32 Å². The third-order valence-corrected chi connectivity index (χ3v) is 8.17. The Kier molecular flexibility index (Phi) is 7.78. The van der Waals surface area contributed by atoms with Crippen LogP contribution in [-0.2, 0) is 16.1 Å². The Morgan fingerprint density at radius 3 is 2.38 bits per heavy atom. The number of nitrogens with one attached hydrogen (secondary N) is 1. The standard InChI is InChI=1S/C32H25F2N5O2S/c33-23-10-12-24(13-11-23)39-32-29(30(37-39)22-6-2-1-3-7-22)31(25-8-4-5-9-26(25)34)42-20-28(41)38(32)19-27(40)36-18-21-14-16-35-17-15-21/h1-17,31H,18-20H2,(H,36,40). The molecule has 0 aliphatic carbocycles. The molecule has 2 amide bonds. The minimum atomic E-state index is -0.612. The van der Waals surface area contributed by atoms with Crippen molar-refractivity contribution in [3.05, 3.63) is 132 Å². The van der Waals surface area contributed by atoms with E-state index in [1.807, 2.05) is 30.3 Å². The van der Waals surface area contributed by atoms with E-state index < -0.39 is 16.9 Å². The van der Waals surface area contributed by atoms with Crippen LogP contribution in [-0.4, -0.2) is 38.9 Å². The summed E-state index contributed by atoms with van der Waals surface area (Å²) in [5, 5.41) is 7.18. The Labute approximate surface area is 245 Å². The van der Waals surface area contributed by atoms with Crippen LogP contribution >= 0.6 is 11.8 Å². The number of carbonyl (C=O) groups excluding carboxylic acids is 2. The second-order valence-electron chi connectivity index (χ2n) is 9.66. The molecule has 1 unspecified atom stereocenters. The van der Waals surface area contributed by atoms with Crippen molar-refractivity contribution < 1.29 is 18.4 Å². The van der Waals surface area contributed by atoms with Crippen molar-refractivity contribution in [3.63, 3.8) is 0 Å². The molecule has 6 rings (SSSR count). The van der Waals surface area contributed by atoms with Gasteiger partial charge >= 0.3 is 0 Å². The average molecular weight is 582 g/mol. The molecule has 0 radical (unpaired) electrons. The monoisotopic (exact) mass is 581 g/mol. The number of hydrogen-bond acceptors (Lipinski definition) is 5. The molecular weight excluding hydrogens is 556 g/mol. The maximum atomic E-state index is 15.3. The van der Waals surface area contributed by atoms with E-state index in [1.165, 1.54) is 34.9 Å². The van der Waals surface area contributed by atoms with Crippen molar-refractivity contribution >= 4 is 29.4 Å². The summed E-state index contributed by atoms with van der Waals surface area (Å²) < 4.78 is 30.8. The molecule has 0 saturated heterocycles. The average Bonchev–Trinajstić information content (AvgIpc) is 3.34. The van der Waals surface area contributed by atoms with Crippen LogP contribution in [0.4, 0.5) is 14.6 Å². The maximum Gasteiger partial charge on any atom is 0.240 e. The Hall–Kier alpha value is -4.83. The molecule has 7 nitrogen and oxygen atoms in total. The van der Waals surface area contributed by atoms with Crippen LogP contribution in [0.1, 0.15) is 21.9 Å². The van der Waals surface area contributed by atoms with Gasteiger partial charge in [-0.15, -0.1) is 11.8 Å². The topological polar surface area (TPSA) is 80.1 Å². The summed E-state index contributed by atoms with van der Waals surface area (Å²) in [4.78, 5) is 32.4. The summed E-state index contributed by atoms with van der Waals surface area (Å²) in [6, 6.07) is 25.2. The summed E-state index contributed by atoms with van der Waals surface area (Å²) >= 11 is 1.28. The highest BCUT2D eigenvalue weighted by atomic mass is 32.2. The number of fused-ring (bicyclic) bond motifs is 1. The highest BCUT2D eigenvalue weighted by molar-refractivity contribution is 8.00. The summed E-state index contributed by atoms with van der Waals surface area (Å²) in [5.74, 6) is -1.21. The first-order chi connectivity index (χ1) is 20.5. The Balaban J connectivity index is 1.52. The first-order valence-corrected chi connectivity index (χ1v) is 14.3. The van der Waals surface area contributed by atoms with Crippen molar-refractivity contribution in [3.8, 4) is 16.9 Å². The van der Waals surface area contributed by atoms with Crippen LogP contribution in [0.25, 0.3) is 16.9 Å². The van der Waals surface area contributed by atoms with E-state index in [4.69, 9.17) is 5.10 Å². The van der Waals surface area contributed by atoms with Gasteiger partial charge in [0.05, 0.1) is 22.4 Å². The number of benzene rings is 3. The normalized spacial score (nSPS) is 14.8. The molecule has 10 heteroatoms. The van der Waals surface area contributed by atoms with Gasteiger partial charge in [0.15, 0.2) is 0 Å². The number of thioether (sulfide) groups is 1. The number of rotatable bonds is 7. The van der Waals surface area contributed by atoms with Gasteiger partial charge in [-0.1, -0.05) is 48.5 Å². The summed E-state index contributed by atoms with van der Waals surface area (Å²) in [5.41, 5.74) is 3.63. The van der Waals surface area contributed by atoms with Crippen molar-refractivity contribution in [2.24, 2.45) is 0 Å². The second-order valence-corrected chi connectivity index (χ2v) is 10.8. The van der Waals surface area contributed by atoms with Gasteiger partial charge in [-0.3, -0.25) is 19.5 Å². The van der Waals surface area contributed by atoms with Gasteiger partial charge in [0.1, 0.15) is 24.0 Å². The summed E-state index contributed by atoms with van der Waals surface area (Å²) in [6.07, 6.45) is 3.27. The fourth-order valence-electron chi connectivity index (χ4n) is 4.92. The van der Waals surface area contributed by atoms with E-state index >= 15 is 4.39 Å². The van der Waals surface area contributed by atoms with Crippen LogP contribution in [0, 0.1) is 11.6 Å². The fourth-order valence-corrected chi connectivity index (χ4v) is 6.14. The van der Waals surface area contributed by atoms with Gasteiger partial charge in [0.25, 0.3) is 0 Å². The van der Waals surface area contributed by atoms with Gasteiger partial charge in [-0.05, 0) is 48.0 Å². The van der Waals surface area contributed by atoms with Crippen LogP contribution < -0.4 is 10.2 Å². The highest BCUT2D eigenvalue weighted by Crippen LogP contribution is 2.49. The van der Waals surface area contributed by atoms with Gasteiger partial charge in [-0.25, -0.2) is 13.5 Å². The summed E-state index contributed by atoms with van der Waals surface area (Å²) in [6.45, 7) is -0.0298. The Morgan fingerprint density at radius 2 is 1.64 bits per heavy atom. The molecule has 0 spiro atoms. The van der Waals surface area contributed by atoms with Crippen molar-refractivity contribution in [1.29, 1.82) is 0 Å².